The Morgan fingerprint density at radius 1 is 1.07 bits per heavy atom. The Balaban J connectivity index is 1.37. The van der Waals surface area contributed by atoms with Crippen LogP contribution in [0.3, 0.4) is 0 Å². The minimum atomic E-state index is -3.41. The Morgan fingerprint density at radius 2 is 1.72 bits per heavy atom. The van der Waals surface area contributed by atoms with Crippen molar-refractivity contribution in [3.63, 3.8) is 0 Å². The normalized spacial score (nSPS) is 29.5. The number of amides is 1. The molecule has 3 heterocycles. The van der Waals surface area contributed by atoms with Gasteiger partial charge in [0.2, 0.25) is 15.9 Å². The molecular formula is C21H32N4O3S. The molecule has 1 aromatic rings. The number of aryl methyl sites for hydroxylation is 1. The zero-order valence-corrected chi connectivity index (χ0v) is 18.1. The molecule has 0 radical (unpaired) electrons. The highest BCUT2D eigenvalue weighted by molar-refractivity contribution is 7.89. The van der Waals surface area contributed by atoms with E-state index >= 15 is 0 Å². The topological polar surface area (TPSA) is 81.8 Å². The van der Waals surface area contributed by atoms with Gasteiger partial charge in [0, 0.05) is 39.3 Å². The number of nitrogens with zero attached hydrogens (tertiary/aromatic N) is 2. The van der Waals surface area contributed by atoms with Gasteiger partial charge >= 0.3 is 0 Å². The molecule has 0 aliphatic carbocycles. The van der Waals surface area contributed by atoms with Crippen LogP contribution in [-0.2, 0) is 14.8 Å². The SMILES string of the molecule is CNC(=O)C1CNN2CCC(C3CCN(S(=O)(=O)c4ccc(C)cc4)CC3)CC12. The Labute approximate surface area is 173 Å². The standard InChI is InChI=1S/C21H32N4O3S/c1-15-3-5-18(6-4-15)29(27,28)24-10-7-16(8-11-24)17-9-12-25-20(13-17)19(14-23-25)21(26)22-2/h3-6,16-17,19-20,23H,7-14H2,1-2H3,(H,22,26). The highest BCUT2D eigenvalue weighted by atomic mass is 32.2. The molecule has 4 rings (SSSR count). The number of piperidine rings is 2. The van der Waals surface area contributed by atoms with E-state index in [-0.39, 0.29) is 17.9 Å². The highest BCUT2D eigenvalue weighted by Gasteiger charge is 2.44. The Morgan fingerprint density at radius 3 is 2.38 bits per heavy atom. The average Bonchev–Trinajstić information content (AvgIpc) is 3.17. The molecule has 29 heavy (non-hydrogen) atoms. The summed E-state index contributed by atoms with van der Waals surface area (Å²) in [5, 5.41) is 5.04. The lowest BCUT2D eigenvalue weighted by Crippen LogP contribution is -2.49. The number of hydrazine groups is 1. The minimum Gasteiger partial charge on any atom is -0.359 e. The largest absolute Gasteiger partial charge is 0.359 e. The fourth-order valence-corrected chi connectivity index (χ4v) is 6.75. The van der Waals surface area contributed by atoms with E-state index in [2.05, 4.69) is 15.8 Å². The third-order valence-corrected chi connectivity index (χ3v) is 8.98. The number of rotatable bonds is 4. The van der Waals surface area contributed by atoms with Crippen LogP contribution in [0.4, 0.5) is 0 Å². The second-order valence-corrected chi connectivity index (χ2v) is 10.6. The van der Waals surface area contributed by atoms with Crippen LogP contribution in [0.5, 0.6) is 0 Å². The molecule has 2 N–H and O–H groups in total. The third-order valence-electron chi connectivity index (χ3n) is 7.07. The van der Waals surface area contributed by atoms with E-state index in [0.717, 1.165) is 37.8 Å². The first-order chi connectivity index (χ1) is 13.9. The van der Waals surface area contributed by atoms with Gasteiger partial charge in [0.1, 0.15) is 0 Å². The number of hydrogen-bond donors (Lipinski definition) is 2. The molecule has 1 amide bonds. The van der Waals surface area contributed by atoms with Crippen LogP contribution < -0.4 is 10.7 Å². The van der Waals surface area contributed by atoms with Gasteiger partial charge < -0.3 is 5.32 Å². The molecule has 0 spiro atoms. The second kappa shape index (κ2) is 8.34. The van der Waals surface area contributed by atoms with Gasteiger partial charge in [-0.15, -0.1) is 0 Å². The lowest BCUT2D eigenvalue weighted by Gasteiger charge is -2.42. The van der Waals surface area contributed by atoms with Crippen molar-refractivity contribution < 1.29 is 13.2 Å². The number of fused-ring (bicyclic) bond motifs is 1. The zero-order chi connectivity index (χ0) is 20.6. The molecule has 8 heteroatoms. The van der Waals surface area contributed by atoms with Gasteiger partial charge in [0.25, 0.3) is 0 Å². The molecule has 3 fully saturated rings. The van der Waals surface area contributed by atoms with Crippen molar-refractivity contribution in [1.82, 2.24) is 20.1 Å². The van der Waals surface area contributed by atoms with Gasteiger partial charge in [-0.05, 0) is 56.6 Å². The fourth-order valence-electron chi connectivity index (χ4n) is 5.28. The van der Waals surface area contributed by atoms with Gasteiger partial charge in [-0.1, -0.05) is 17.7 Å². The van der Waals surface area contributed by atoms with Crippen molar-refractivity contribution in [2.45, 2.75) is 43.5 Å². The molecule has 7 nitrogen and oxygen atoms in total. The van der Waals surface area contributed by atoms with Gasteiger partial charge in [-0.3, -0.25) is 10.2 Å². The van der Waals surface area contributed by atoms with Crippen LogP contribution in [0, 0.1) is 24.7 Å². The molecular weight excluding hydrogens is 388 g/mol. The van der Waals surface area contributed by atoms with E-state index in [1.807, 2.05) is 19.1 Å². The van der Waals surface area contributed by atoms with Crippen LogP contribution in [0.2, 0.25) is 0 Å². The lowest BCUT2D eigenvalue weighted by molar-refractivity contribution is -0.125. The predicted molar refractivity (Wildman–Crippen MR) is 111 cm³/mol. The second-order valence-electron chi connectivity index (χ2n) is 8.68. The molecule has 3 unspecified atom stereocenters. The summed E-state index contributed by atoms with van der Waals surface area (Å²) >= 11 is 0. The monoisotopic (exact) mass is 420 g/mol. The number of nitrogens with one attached hydrogen (secondary N) is 2. The summed E-state index contributed by atoms with van der Waals surface area (Å²) in [4.78, 5) is 12.6. The number of carbonyl (C=O) groups is 1. The summed E-state index contributed by atoms with van der Waals surface area (Å²) in [7, 11) is -1.70. The van der Waals surface area contributed by atoms with Gasteiger partial charge in [0.05, 0.1) is 10.8 Å². The van der Waals surface area contributed by atoms with Crippen molar-refractivity contribution in [3.05, 3.63) is 29.8 Å². The van der Waals surface area contributed by atoms with Crippen molar-refractivity contribution in [2.24, 2.45) is 17.8 Å². The van der Waals surface area contributed by atoms with E-state index in [9.17, 15) is 13.2 Å². The van der Waals surface area contributed by atoms with Gasteiger partial charge in [-0.2, -0.15) is 4.31 Å². The van der Waals surface area contributed by atoms with Crippen molar-refractivity contribution in [1.29, 1.82) is 0 Å². The maximum atomic E-state index is 12.9. The molecule has 3 aliphatic rings. The summed E-state index contributed by atoms with van der Waals surface area (Å²) in [6, 6.07) is 7.37. The van der Waals surface area contributed by atoms with Crippen LogP contribution in [0.1, 0.15) is 31.2 Å². The summed E-state index contributed by atoms with van der Waals surface area (Å²) in [5.41, 5.74) is 4.44. The summed E-state index contributed by atoms with van der Waals surface area (Å²) < 4.78 is 27.5. The molecule has 3 atom stereocenters. The lowest BCUT2D eigenvalue weighted by atomic mass is 9.75. The number of carbonyl (C=O) groups excluding carboxylic acids is 1. The first-order valence-corrected chi connectivity index (χ1v) is 12.1. The first kappa shape index (κ1) is 20.8. The molecule has 1 aromatic carbocycles. The first-order valence-electron chi connectivity index (χ1n) is 10.7. The fraction of sp³-hybridized carbons (Fsp3) is 0.667. The van der Waals surface area contributed by atoms with Crippen LogP contribution in [0.25, 0.3) is 0 Å². The number of hydrogen-bond acceptors (Lipinski definition) is 5. The molecule has 0 bridgehead atoms. The summed E-state index contributed by atoms with van der Waals surface area (Å²) in [5.74, 6) is 1.22. The zero-order valence-electron chi connectivity index (χ0n) is 17.3. The average molecular weight is 421 g/mol. The molecule has 3 saturated heterocycles. The van der Waals surface area contributed by atoms with Crippen LogP contribution in [0.15, 0.2) is 29.2 Å². The van der Waals surface area contributed by atoms with Crippen molar-refractivity contribution >= 4 is 15.9 Å². The summed E-state index contributed by atoms with van der Waals surface area (Å²) in [6.45, 7) is 4.81. The Bertz CT molecular complexity index is 834. The van der Waals surface area contributed by atoms with E-state index in [1.165, 1.54) is 0 Å². The molecule has 0 saturated carbocycles. The van der Waals surface area contributed by atoms with Gasteiger partial charge in [-0.25, -0.2) is 13.4 Å². The van der Waals surface area contributed by atoms with Crippen molar-refractivity contribution in [2.75, 3.05) is 33.2 Å². The van der Waals surface area contributed by atoms with Crippen molar-refractivity contribution in [3.8, 4) is 0 Å². The molecule has 3 aliphatic heterocycles. The maximum Gasteiger partial charge on any atom is 0.243 e. The van der Waals surface area contributed by atoms with Gasteiger partial charge in [0.15, 0.2) is 0 Å². The maximum absolute atomic E-state index is 12.9. The third kappa shape index (κ3) is 4.08. The summed E-state index contributed by atoms with van der Waals surface area (Å²) in [6.07, 6.45) is 3.93. The quantitative estimate of drug-likeness (QED) is 0.769. The smallest absolute Gasteiger partial charge is 0.243 e. The number of benzene rings is 1. The van der Waals surface area contributed by atoms with E-state index in [0.29, 0.717) is 36.4 Å². The Hall–Kier alpha value is -1.48. The van der Waals surface area contributed by atoms with Crippen LogP contribution in [-0.4, -0.2) is 62.9 Å². The molecule has 160 valence electrons. The highest BCUT2D eigenvalue weighted by Crippen LogP contribution is 2.38. The predicted octanol–water partition coefficient (Wildman–Crippen LogP) is 1.36. The van der Waals surface area contributed by atoms with E-state index < -0.39 is 10.0 Å². The van der Waals surface area contributed by atoms with E-state index in [1.54, 1.807) is 23.5 Å². The molecule has 0 aromatic heterocycles. The number of sulfonamides is 1. The Kier molecular flexibility index (Phi) is 5.97. The van der Waals surface area contributed by atoms with E-state index in [4.69, 9.17) is 0 Å². The minimum absolute atomic E-state index is 0.00445. The van der Waals surface area contributed by atoms with Crippen LogP contribution >= 0.6 is 0 Å².